The number of hydrogen-bond acceptors (Lipinski definition) is 4. The van der Waals surface area contributed by atoms with Gasteiger partial charge in [0.2, 0.25) is 5.91 Å². The number of benzene rings is 2. The van der Waals surface area contributed by atoms with Gasteiger partial charge in [0.1, 0.15) is 11.9 Å². The average molecular weight is 332 g/mol. The highest BCUT2D eigenvalue weighted by atomic mass is 16.2. The highest BCUT2D eigenvalue weighted by molar-refractivity contribution is 5.91. The first kappa shape index (κ1) is 16.8. The molecule has 0 aliphatic carbocycles. The molecule has 0 fully saturated rings. The Labute approximate surface area is 147 Å². The summed E-state index contributed by atoms with van der Waals surface area (Å²) in [6.45, 7) is 0. The van der Waals surface area contributed by atoms with E-state index in [1.165, 1.54) is 6.33 Å². The topological polar surface area (TPSA) is 66.9 Å². The van der Waals surface area contributed by atoms with Gasteiger partial charge < -0.3 is 5.32 Å². The van der Waals surface area contributed by atoms with E-state index >= 15 is 0 Å². The maximum absolute atomic E-state index is 12.9. The van der Waals surface area contributed by atoms with E-state index in [2.05, 4.69) is 20.6 Å². The third-order valence-electron chi connectivity index (χ3n) is 4.34. The lowest BCUT2D eigenvalue weighted by Crippen LogP contribution is -2.53. The highest BCUT2D eigenvalue weighted by Crippen LogP contribution is 2.32. The predicted octanol–water partition coefficient (Wildman–Crippen LogP) is 2.35. The molecule has 5 nitrogen and oxygen atoms in total. The van der Waals surface area contributed by atoms with Crippen molar-refractivity contribution in [2.45, 2.75) is 5.54 Å². The fourth-order valence-electron chi connectivity index (χ4n) is 3.09. The van der Waals surface area contributed by atoms with E-state index < -0.39 is 5.54 Å². The Kier molecular flexibility index (Phi) is 4.86. The lowest BCUT2D eigenvalue weighted by molar-refractivity contribution is -0.125. The first-order chi connectivity index (χ1) is 12.2. The average Bonchev–Trinajstić information content (AvgIpc) is 2.70. The molecule has 2 N–H and O–H groups in total. The van der Waals surface area contributed by atoms with Crippen molar-refractivity contribution in [2.75, 3.05) is 14.1 Å². The normalized spacial score (nSPS) is 13.0. The van der Waals surface area contributed by atoms with E-state index in [0.717, 1.165) is 22.3 Å². The summed E-state index contributed by atoms with van der Waals surface area (Å²) in [5, 5.41) is 6.02. The first-order valence-electron chi connectivity index (χ1n) is 8.05. The Balaban J connectivity index is 2.19. The second-order valence-corrected chi connectivity index (χ2v) is 5.65. The van der Waals surface area contributed by atoms with Crippen LogP contribution in [0.25, 0.3) is 11.1 Å². The number of rotatable bonds is 5. The van der Waals surface area contributed by atoms with Gasteiger partial charge in [-0.25, -0.2) is 9.97 Å². The van der Waals surface area contributed by atoms with Crippen molar-refractivity contribution in [3.05, 3.63) is 84.4 Å². The second-order valence-electron chi connectivity index (χ2n) is 5.65. The van der Waals surface area contributed by atoms with Crippen molar-refractivity contribution >= 4 is 5.91 Å². The van der Waals surface area contributed by atoms with Gasteiger partial charge in [0.05, 0.1) is 0 Å². The Morgan fingerprint density at radius 2 is 1.56 bits per heavy atom. The third kappa shape index (κ3) is 3.02. The molecule has 1 heterocycles. The molecule has 5 heteroatoms. The van der Waals surface area contributed by atoms with Crippen molar-refractivity contribution in [1.82, 2.24) is 20.6 Å². The summed E-state index contributed by atoms with van der Waals surface area (Å²) in [6.07, 6.45) is 5.02. The standard InChI is InChI=1S/C20H20N4O/c1-21-19(25)20(22-2,17-8-4-3-5-9-17)18-10-6-7-15(11-18)16-12-23-14-24-13-16/h3-14,22H,1-2H3,(H,21,25). The number of nitrogens with zero attached hydrogens (tertiary/aromatic N) is 2. The monoisotopic (exact) mass is 332 g/mol. The van der Waals surface area contributed by atoms with Crippen molar-refractivity contribution < 1.29 is 4.79 Å². The number of amides is 1. The van der Waals surface area contributed by atoms with Crippen LogP contribution in [0.1, 0.15) is 11.1 Å². The summed E-state index contributed by atoms with van der Waals surface area (Å²) in [5.74, 6) is -0.123. The minimum absolute atomic E-state index is 0.123. The van der Waals surface area contributed by atoms with Gasteiger partial charge in [-0.2, -0.15) is 0 Å². The van der Waals surface area contributed by atoms with Crippen molar-refractivity contribution in [2.24, 2.45) is 0 Å². The van der Waals surface area contributed by atoms with Crippen LogP contribution in [0.3, 0.4) is 0 Å². The van der Waals surface area contributed by atoms with Crippen LogP contribution in [-0.2, 0) is 10.3 Å². The SMILES string of the molecule is CNC(=O)C(NC)(c1ccccc1)c1cccc(-c2cncnc2)c1. The van der Waals surface area contributed by atoms with E-state index in [0.29, 0.717) is 0 Å². The molecular weight excluding hydrogens is 312 g/mol. The lowest BCUT2D eigenvalue weighted by atomic mass is 9.81. The number of carbonyl (C=O) groups excluding carboxylic acids is 1. The number of nitrogens with one attached hydrogen (secondary N) is 2. The molecule has 1 unspecified atom stereocenters. The van der Waals surface area contributed by atoms with Gasteiger partial charge in [0.15, 0.2) is 0 Å². The molecule has 3 rings (SSSR count). The van der Waals surface area contributed by atoms with E-state index in [4.69, 9.17) is 0 Å². The maximum atomic E-state index is 12.9. The summed E-state index contributed by atoms with van der Waals surface area (Å²) >= 11 is 0. The zero-order chi connectivity index (χ0) is 17.7. The van der Waals surface area contributed by atoms with E-state index in [9.17, 15) is 4.79 Å². The summed E-state index contributed by atoms with van der Waals surface area (Å²) in [7, 11) is 3.44. The molecule has 2 aromatic carbocycles. The van der Waals surface area contributed by atoms with Crippen LogP contribution in [0.15, 0.2) is 73.3 Å². The fourth-order valence-corrected chi connectivity index (χ4v) is 3.09. The molecule has 0 saturated heterocycles. The molecule has 0 spiro atoms. The van der Waals surface area contributed by atoms with Crippen molar-refractivity contribution in [3.8, 4) is 11.1 Å². The molecule has 0 aliphatic rings. The summed E-state index contributed by atoms with van der Waals surface area (Å²) < 4.78 is 0. The molecule has 3 aromatic rings. The van der Waals surface area contributed by atoms with Gasteiger partial charge in [-0.05, 0) is 29.8 Å². The zero-order valence-corrected chi connectivity index (χ0v) is 14.2. The quantitative estimate of drug-likeness (QED) is 0.753. The van der Waals surface area contributed by atoms with Crippen LogP contribution >= 0.6 is 0 Å². The van der Waals surface area contributed by atoms with Gasteiger partial charge in [0.25, 0.3) is 0 Å². The fraction of sp³-hybridized carbons (Fsp3) is 0.150. The number of hydrogen-bond donors (Lipinski definition) is 2. The summed E-state index contributed by atoms with van der Waals surface area (Å²) in [4.78, 5) is 21.1. The molecule has 1 atom stereocenters. The molecule has 1 amide bonds. The minimum atomic E-state index is -0.984. The third-order valence-corrected chi connectivity index (χ3v) is 4.34. The second kappa shape index (κ2) is 7.23. The molecule has 25 heavy (non-hydrogen) atoms. The largest absolute Gasteiger partial charge is 0.357 e. The predicted molar refractivity (Wildman–Crippen MR) is 97.8 cm³/mol. The van der Waals surface area contributed by atoms with Crippen LogP contribution in [0, 0.1) is 0 Å². The van der Waals surface area contributed by atoms with Gasteiger partial charge in [-0.1, -0.05) is 48.5 Å². The Morgan fingerprint density at radius 1 is 0.880 bits per heavy atom. The molecule has 0 aliphatic heterocycles. The molecule has 1 aromatic heterocycles. The van der Waals surface area contributed by atoms with E-state index in [1.807, 2.05) is 54.6 Å². The number of carbonyl (C=O) groups is 1. The first-order valence-corrected chi connectivity index (χ1v) is 8.05. The van der Waals surface area contributed by atoms with Gasteiger partial charge >= 0.3 is 0 Å². The molecular formula is C20H20N4O. The Bertz CT molecular complexity index is 852. The highest BCUT2D eigenvalue weighted by Gasteiger charge is 2.40. The van der Waals surface area contributed by atoms with Crippen molar-refractivity contribution in [1.29, 1.82) is 0 Å². The Hall–Kier alpha value is -3.05. The smallest absolute Gasteiger partial charge is 0.249 e. The molecule has 0 saturated carbocycles. The summed E-state index contributed by atoms with van der Waals surface area (Å²) in [6, 6.07) is 17.6. The molecule has 0 radical (unpaired) electrons. The van der Waals surface area contributed by atoms with Crippen LogP contribution in [0.2, 0.25) is 0 Å². The molecule has 126 valence electrons. The van der Waals surface area contributed by atoms with Crippen LogP contribution < -0.4 is 10.6 Å². The van der Waals surface area contributed by atoms with E-state index in [-0.39, 0.29) is 5.91 Å². The molecule has 0 bridgehead atoms. The number of likely N-dealkylation sites (N-methyl/N-ethyl adjacent to an activating group) is 2. The van der Waals surface area contributed by atoms with Crippen molar-refractivity contribution in [3.63, 3.8) is 0 Å². The minimum Gasteiger partial charge on any atom is -0.357 e. The van der Waals surface area contributed by atoms with E-state index in [1.54, 1.807) is 26.5 Å². The van der Waals surface area contributed by atoms with Gasteiger partial charge in [-0.15, -0.1) is 0 Å². The lowest BCUT2D eigenvalue weighted by Gasteiger charge is -2.33. The Morgan fingerprint density at radius 3 is 2.20 bits per heavy atom. The van der Waals surface area contributed by atoms with Gasteiger partial charge in [0, 0.05) is 25.0 Å². The van der Waals surface area contributed by atoms with Crippen LogP contribution in [0.5, 0.6) is 0 Å². The maximum Gasteiger partial charge on any atom is 0.249 e. The van der Waals surface area contributed by atoms with Crippen LogP contribution in [-0.4, -0.2) is 30.0 Å². The van der Waals surface area contributed by atoms with Crippen LogP contribution in [0.4, 0.5) is 0 Å². The number of aromatic nitrogens is 2. The summed E-state index contributed by atoms with van der Waals surface area (Å²) in [5.41, 5.74) is 2.60. The van der Waals surface area contributed by atoms with Gasteiger partial charge in [-0.3, -0.25) is 10.1 Å². The zero-order valence-electron chi connectivity index (χ0n) is 14.2.